The quantitative estimate of drug-likeness (QED) is 0.248. The number of benzene rings is 2. The number of nitrogens with zero attached hydrogens (tertiary/aromatic N) is 2. The number of nitrogens with two attached hydrogens (primary N) is 2. The minimum Gasteiger partial charge on any atom is -0.480 e. The van der Waals surface area contributed by atoms with Crippen molar-refractivity contribution in [3.63, 3.8) is 0 Å². The van der Waals surface area contributed by atoms with E-state index in [9.17, 15) is 24.3 Å². The molecular weight excluding hydrogens is 450 g/mol. The molecule has 35 heavy (non-hydrogen) atoms. The van der Waals surface area contributed by atoms with Gasteiger partial charge in [-0.05, 0) is 18.1 Å². The first-order valence-electron chi connectivity index (χ1n) is 11.2. The summed E-state index contributed by atoms with van der Waals surface area (Å²) < 4.78 is 0. The highest BCUT2D eigenvalue weighted by molar-refractivity contribution is 6.09. The van der Waals surface area contributed by atoms with E-state index in [1.165, 1.54) is 11.8 Å². The summed E-state index contributed by atoms with van der Waals surface area (Å²) in [6, 6.07) is 14.8. The Morgan fingerprint density at radius 2 is 1.66 bits per heavy atom. The summed E-state index contributed by atoms with van der Waals surface area (Å²) in [7, 11) is 0. The van der Waals surface area contributed by atoms with Crippen molar-refractivity contribution in [1.29, 1.82) is 5.41 Å². The third-order valence-corrected chi connectivity index (χ3v) is 7.10. The number of carboxylic acids is 1. The van der Waals surface area contributed by atoms with Gasteiger partial charge in [0.15, 0.2) is 0 Å². The molecule has 182 valence electrons. The van der Waals surface area contributed by atoms with E-state index in [2.05, 4.69) is 0 Å². The zero-order valence-corrected chi connectivity index (χ0v) is 19.2. The molecule has 0 spiro atoms. The van der Waals surface area contributed by atoms with Crippen LogP contribution in [0.25, 0.3) is 0 Å². The van der Waals surface area contributed by atoms with Gasteiger partial charge in [0.05, 0.1) is 18.4 Å². The van der Waals surface area contributed by atoms with E-state index in [1.807, 2.05) is 6.07 Å². The van der Waals surface area contributed by atoms with E-state index in [0.717, 1.165) is 10.5 Å². The molecule has 6 N–H and O–H groups in total. The van der Waals surface area contributed by atoms with E-state index in [0.29, 0.717) is 11.1 Å². The van der Waals surface area contributed by atoms with E-state index < -0.39 is 47.1 Å². The molecule has 2 heterocycles. The Morgan fingerprint density at radius 1 is 1.03 bits per heavy atom. The number of aliphatic carboxylic acids is 1. The molecule has 10 heteroatoms. The van der Waals surface area contributed by atoms with E-state index in [1.54, 1.807) is 48.5 Å². The highest BCUT2D eigenvalue weighted by Crippen LogP contribution is 2.55. The molecule has 3 amide bonds. The smallest absolute Gasteiger partial charge is 0.324 e. The van der Waals surface area contributed by atoms with Crippen LogP contribution in [0.4, 0.5) is 0 Å². The summed E-state index contributed by atoms with van der Waals surface area (Å²) in [5.41, 5.74) is 11.0. The average Bonchev–Trinajstić information content (AvgIpc) is 3.23. The van der Waals surface area contributed by atoms with Crippen LogP contribution in [0, 0.1) is 17.2 Å². The third-order valence-electron chi connectivity index (χ3n) is 7.10. The summed E-state index contributed by atoms with van der Waals surface area (Å²) in [6.45, 7) is 1.43. The number of likely N-dealkylation sites (tertiary alicyclic amines) is 2. The summed E-state index contributed by atoms with van der Waals surface area (Å²) >= 11 is 0. The van der Waals surface area contributed by atoms with Gasteiger partial charge in [0, 0.05) is 24.6 Å². The number of primary amides is 1. The van der Waals surface area contributed by atoms with Gasteiger partial charge in [-0.2, -0.15) is 0 Å². The first-order chi connectivity index (χ1) is 16.6. The Hall–Kier alpha value is -4.05. The van der Waals surface area contributed by atoms with Crippen LogP contribution in [0.5, 0.6) is 0 Å². The van der Waals surface area contributed by atoms with Crippen molar-refractivity contribution in [1.82, 2.24) is 9.80 Å². The van der Waals surface area contributed by atoms with Gasteiger partial charge < -0.3 is 16.6 Å². The van der Waals surface area contributed by atoms with Crippen LogP contribution >= 0.6 is 0 Å². The predicted octanol–water partition coefficient (Wildman–Crippen LogP) is 0.847. The summed E-state index contributed by atoms with van der Waals surface area (Å²) in [5, 5.41) is 18.0. The molecule has 10 nitrogen and oxygen atoms in total. The van der Waals surface area contributed by atoms with Crippen molar-refractivity contribution in [3.8, 4) is 0 Å². The molecule has 2 fully saturated rings. The molecule has 2 aromatic rings. The van der Waals surface area contributed by atoms with Crippen LogP contribution in [0.15, 0.2) is 54.6 Å². The Labute approximate surface area is 202 Å². The van der Waals surface area contributed by atoms with Gasteiger partial charge in [0.2, 0.25) is 17.7 Å². The van der Waals surface area contributed by atoms with Gasteiger partial charge in [-0.1, -0.05) is 54.6 Å². The molecule has 0 aromatic heterocycles. The van der Waals surface area contributed by atoms with Crippen molar-refractivity contribution in [3.05, 3.63) is 71.3 Å². The molecular formula is C25H27N5O5. The van der Waals surface area contributed by atoms with Crippen LogP contribution in [0.3, 0.4) is 0 Å². The van der Waals surface area contributed by atoms with Crippen molar-refractivity contribution < 1.29 is 24.3 Å². The summed E-state index contributed by atoms with van der Waals surface area (Å²) in [5.74, 6) is -5.15. The minimum atomic E-state index is -1.75. The van der Waals surface area contributed by atoms with Crippen LogP contribution in [-0.2, 0) is 25.7 Å². The molecule has 4 atom stereocenters. The second kappa shape index (κ2) is 8.95. The molecule has 2 aliphatic heterocycles. The minimum absolute atomic E-state index is 0.0382. The van der Waals surface area contributed by atoms with Gasteiger partial charge in [0.25, 0.3) is 0 Å². The monoisotopic (exact) mass is 477 g/mol. The molecule has 4 unspecified atom stereocenters. The maximum atomic E-state index is 13.7. The number of hydrogen-bond acceptors (Lipinski definition) is 6. The molecule has 0 saturated carbocycles. The summed E-state index contributed by atoms with van der Waals surface area (Å²) in [4.78, 5) is 54.2. The topological polar surface area (TPSA) is 171 Å². The van der Waals surface area contributed by atoms with Gasteiger partial charge in [-0.3, -0.25) is 34.4 Å². The van der Waals surface area contributed by atoms with Crippen LogP contribution < -0.4 is 11.5 Å². The molecule has 2 aromatic carbocycles. The third kappa shape index (κ3) is 3.95. The molecule has 0 radical (unpaired) electrons. The van der Waals surface area contributed by atoms with Crippen molar-refractivity contribution in [2.24, 2.45) is 23.3 Å². The molecule has 2 saturated heterocycles. The van der Waals surface area contributed by atoms with E-state index in [-0.39, 0.29) is 25.3 Å². The molecule has 4 rings (SSSR count). The number of amides is 3. The van der Waals surface area contributed by atoms with Gasteiger partial charge >= 0.3 is 5.97 Å². The highest BCUT2D eigenvalue weighted by atomic mass is 16.4. The number of imide groups is 1. The number of carboxylic acid groups (broad SMARTS) is 1. The Morgan fingerprint density at radius 3 is 2.20 bits per heavy atom. The zero-order chi connectivity index (χ0) is 25.5. The fourth-order valence-corrected chi connectivity index (χ4v) is 5.35. The van der Waals surface area contributed by atoms with E-state index >= 15 is 0 Å². The number of nitrogen functional groups attached to an aromatic ring is 1. The zero-order valence-electron chi connectivity index (χ0n) is 19.2. The van der Waals surface area contributed by atoms with Gasteiger partial charge in [-0.25, -0.2) is 0 Å². The second-order valence-electron chi connectivity index (χ2n) is 9.09. The van der Waals surface area contributed by atoms with Crippen LogP contribution in [-0.4, -0.2) is 56.5 Å². The predicted molar refractivity (Wildman–Crippen MR) is 126 cm³/mol. The standard InChI is InChI=1S/C25H27N5O5/c1-25(24(34)35)19-18(22(32)29(23(19)33)13-14-5-3-2-4-6-14)20(30(25)12-11-17(26)31)15-7-9-16(10-8-15)21(27)28/h2-10,18-20H,11-13H2,1H3,(H2,26,31)(H3,27,28)(H,34,35). The normalized spacial score (nSPS) is 26.1. The number of carbonyl (C=O) groups is 4. The average molecular weight is 478 g/mol. The van der Waals surface area contributed by atoms with Gasteiger partial charge in [0.1, 0.15) is 11.4 Å². The lowest BCUT2D eigenvalue weighted by Crippen LogP contribution is -2.56. The van der Waals surface area contributed by atoms with Gasteiger partial charge in [-0.15, -0.1) is 0 Å². The number of carbonyl (C=O) groups excluding carboxylic acids is 3. The fourth-order valence-electron chi connectivity index (χ4n) is 5.35. The molecule has 2 aliphatic rings. The Bertz CT molecular complexity index is 1200. The van der Waals surface area contributed by atoms with Crippen molar-refractivity contribution in [2.45, 2.75) is 31.5 Å². The van der Waals surface area contributed by atoms with Crippen LogP contribution in [0.1, 0.15) is 36.1 Å². The SMILES string of the molecule is CC1(C(=O)O)C2C(=O)N(Cc3ccccc3)C(=O)C2C(c2ccc(C(=N)N)cc2)N1CCC(N)=O. The highest BCUT2D eigenvalue weighted by Gasteiger charge is 2.70. The number of amidine groups is 1. The van der Waals surface area contributed by atoms with Crippen LogP contribution in [0.2, 0.25) is 0 Å². The first-order valence-corrected chi connectivity index (χ1v) is 11.2. The molecule has 0 aliphatic carbocycles. The largest absolute Gasteiger partial charge is 0.480 e. The maximum Gasteiger partial charge on any atom is 0.324 e. The van der Waals surface area contributed by atoms with E-state index in [4.69, 9.17) is 16.9 Å². The Balaban J connectivity index is 1.82. The summed E-state index contributed by atoms with van der Waals surface area (Å²) in [6.07, 6.45) is -0.138. The van der Waals surface area contributed by atoms with Crippen molar-refractivity contribution >= 4 is 29.5 Å². The Kier molecular flexibility index (Phi) is 6.16. The fraction of sp³-hybridized carbons (Fsp3) is 0.320. The lowest BCUT2D eigenvalue weighted by atomic mass is 9.80. The lowest BCUT2D eigenvalue weighted by molar-refractivity contribution is -0.157. The maximum absolute atomic E-state index is 13.7. The first kappa shape index (κ1) is 24.1. The van der Waals surface area contributed by atoms with Crippen molar-refractivity contribution in [2.75, 3.05) is 6.54 Å². The number of nitrogens with one attached hydrogen (secondary N) is 1. The molecule has 0 bridgehead atoms. The number of hydrogen-bond donors (Lipinski definition) is 4. The number of fused-ring (bicyclic) bond motifs is 1. The number of rotatable bonds is 8. The lowest BCUT2D eigenvalue weighted by Gasteiger charge is -2.38. The second-order valence-corrected chi connectivity index (χ2v) is 9.09.